The number of carbonyl (C=O) groups excluding carboxylic acids is 1. The van der Waals surface area contributed by atoms with E-state index < -0.39 is 17.5 Å². The normalized spacial score (nSPS) is 25.8. The van der Waals surface area contributed by atoms with E-state index >= 15 is 0 Å². The summed E-state index contributed by atoms with van der Waals surface area (Å²) in [7, 11) is 0. The van der Waals surface area contributed by atoms with E-state index in [0.29, 0.717) is 6.54 Å². The van der Waals surface area contributed by atoms with Crippen molar-refractivity contribution in [1.82, 2.24) is 10.2 Å². The minimum atomic E-state index is -4.50. The van der Waals surface area contributed by atoms with Crippen LogP contribution in [0.4, 0.5) is 17.6 Å². The quantitative estimate of drug-likeness (QED) is 0.571. The van der Waals surface area contributed by atoms with E-state index in [2.05, 4.69) is 5.32 Å². The molecule has 2 atom stereocenters. The van der Waals surface area contributed by atoms with Crippen molar-refractivity contribution in [2.75, 3.05) is 13.1 Å². The van der Waals surface area contributed by atoms with Crippen molar-refractivity contribution >= 4 is 5.91 Å². The molecule has 0 radical (unpaired) electrons. The van der Waals surface area contributed by atoms with Gasteiger partial charge in [-0.1, -0.05) is 12.1 Å². The number of piperazine rings is 1. The van der Waals surface area contributed by atoms with Crippen molar-refractivity contribution in [2.45, 2.75) is 38.0 Å². The van der Waals surface area contributed by atoms with Crippen molar-refractivity contribution in [2.24, 2.45) is 5.41 Å². The Morgan fingerprint density at radius 1 is 1.25 bits per heavy atom. The smallest absolute Gasteiger partial charge is 0.336 e. The van der Waals surface area contributed by atoms with Crippen LogP contribution in [0, 0.1) is 11.2 Å². The van der Waals surface area contributed by atoms with Crippen LogP contribution in [0.25, 0.3) is 0 Å². The van der Waals surface area contributed by atoms with Crippen molar-refractivity contribution in [3.63, 3.8) is 0 Å². The van der Waals surface area contributed by atoms with E-state index in [-0.39, 0.29) is 57.7 Å². The first-order chi connectivity index (χ1) is 10.7. The molecule has 1 aliphatic heterocycles. The zero-order valence-electron chi connectivity index (χ0n) is 13.0. The molecule has 1 aromatic rings. The average Bonchev–Trinajstić information content (AvgIpc) is 3.29. The van der Waals surface area contributed by atoms with Crippen LogP contribution in [0.2, 0.25) is 0 Å². The summed E-state index contributed by atoms with van der Waals surface area (Å²) in [4.78, 5) is 13.8. The van der Waals surface area contributed by atoms with Gasteiger partial charge in [0, 0.05) is 45.6 Å². The molecule has 1 aliphatic carbocycles. The molecule has 1 N–H and O–H groups in total. The Hall–Kier alpha value is -0.968. The Balaban J connectivity index is 0.00000208. The molecule has 1 heterocycles. The summed E-state index contributed by atoms with van der Waals surface area (Å²) in [6.45, 7) is 2.30. The van der Waals surface area contributed by atoms with Crippen LogP contribution in [0.15, 0.2) is 24.3 Å². The van der Waals surface area contributed by atoms with Crippen LogP contribution < -0.4 is 5.32 Å². The number of hydrogen-bond acceptors (Lipinski definition) is 2. The second kappa shape index (κ2) is 6.74. The van der Waals surface area contributed by atoms with Gasteiger partial charge < -0.3 is 10.2 Å². The third-order valence-electron chi connectivity index (χ3n) is 4.81. The Labute approximate surface area is 151 Å². The molecule has 0 spiro atoms. The zero-order chi connectivity index (χ0) is 16.8. The first kappa shape index (κ1) is 19.4. The first-order valence-corrected chi connectivity index (χ1v) is 7.61. The van der Waals surface area contributed by atoms with Crippen LogP contribution in [0.3, 0.4) is 0 Å². The zero-order valence-corrected chi connectivity index (χ0v) is 14.5. The number of halogens is 4. The number of carbonyl (C=O) groups is 1. The van der Waals surface area contributed by atoms with Crippen molar-refractivity contribution < 1.29 is 42.8 Å². The summed E-state index contributed by atoms with van der Waals surface area (Å²) in [5, 5.41) is 3.20. The third kappa shape index (κ3) is 3.37. The Kier molecular flexibility index (Phi) is 5.43. The molecule has 0 unspecified atom stereocenters. The fraction of sp³-hybridized carbons (Fsp3) is 0.562. The molecular weight excluding hydrogens is 419 g/mol. The van der Waals surface area contributed by atoms with E-state index in [1.165, 1.54) is 17.0 Å². The van der Waals surface area contributed by atoms with E-state index in [9.17, 15) is 22.4 Å². The molecule has 1 saturated heterocycles. The molecule has 24 heavy (non-hydrogen) atoms. The molecule has 0 bridgehead atoms. The molecule has 2 fully saturated rings. The number of nitrogens with one attached hydrogen (secondary N) is 1. The number of rotatable bonds is 2. The van der Waals surface area contributed by atoms with Gasteiger partial charge in [0.2, 0.25) is 5.91 Å². The number of hydrogen-bond donors (Lipinski definition) is 1. The van der Waals surface area contributed by atoms with Gasteiger partial charge in [0.15, 0.2) is 0 Å². The molecule has 3 nitrogen and oxygen atoms in total. The predicted molar refractivity (Wildman–Crippen MR) is 76.0 cm³/mol. The largest absolute Gasteiger partial charge is 0.403 e. The minimum absolute atomic E-state index is 0. The maximum Gasteiger partial charge on any atom is 0.403 e. The molecule has 3 rings (SSSR count). The van der Waals surface area contributed by atoms with E-state index in [4.69, 9.17) is 0 Å². The second-order valence-electron chi connectivity index (χ2n) is 6.40. The summed E-state index contributed by atoms with van der Waals surface area (Å²) >= 11 is 0. The topological polar surface area (TPSA) is 32.3 Å². The van der Waals surface area contributed by atoms with Gasteiger partial charge in [0.05, 0.1) is 0 Å². The number of benzene rings is 1. The number of amides is 1. The molecule has 1 aromatic carbocycles. The maximum atomic E-state index is 13.2. The van der Waals surface area contributed by atoms with Gasteiger partial charge in [-0.3, -0.25) is 4.79 Å². The van der Waals surface area contributed by atoms with Gasteiger partial charge in [-0.25, -0.2) is 4.39 Å². The van der Waals surface area contributed by atoms with E-state index in [1.807, 2.05) is 0 Å². The van der Waals surface area contributed by atoms with E-state index in [0.717, 1.165) is 5.56 Å². The van der Waals surface area contributed by atoms with Crippen molar-refractivity contribution in [1.29, 1.82) is 0 Å². The van der Waals surface area contributed by atoms with E-state index in [1.54, 1.807) is 19.1 Å². The fourth-order valence-corrected chi connectivity index (χ4v) is 3.08. The Morgan fingerprint density at radius 3 is 2.33 bits per heavy atom. The first-order valence-electron chi connectivity index (χ1n) is 7.61. The van der Waals surface area contributed by atoms with Gasteiger partial charge in [0.1, 0.15) is 11.2 Å². The second-order valence-corrected chi connectivity index (χ2v) is 6.40. The van der Waals surface area contributed by atoms with Gasteiger partial charge in [0.25, 0.3) is 0 Å². The molecule has 2 aliphatic rings. The summed E-state index contributed by atoms with van der Waals surface area (Å²) in [5.74, 6) is -1.20. The Bertz CT molecular complexity index is 601. The van der Waals surface area contributed by atoms with Gasteiger partial charge in [-0.05, 0) is 37.5 Å². The minimum Gasteiger partial charge on any atom is -0.336 e. The molecule has 8 heteroatoms. The summed E-state index contributed by atoms with van der Waals surface area (Å²) in [6, 6.07) is 5.18. The summed E-state index contributed by atoms with van der Waals surface area (Å²) in [6.07, 6.45) is -4.76. The monoisotopic (exact) mass is 436 g/mol. The van der Waals surface area contributed by atoms with Crippen molar-refractivity contribution in [3.8, 4) is 0 Å². The SMILES string of the molecule is C[C@@H]1CN[C@@H](c2ccc(F)cc2)CN1C(=O)C1(C(F)(F)F)CC1.[Pd]. The van der Waals surface area contributed by atoms with Crippen LogP contribution in [-0.4, -0.2) is 36.1 Å². The molecule has 136 valence electrons. The molecule has 0 aromatic heterocycles. The van der Waals surface area contributed by atoms with Crippen molar-refractivity contribution in [3.05, 3.63) is 35.6 Å². The van der Waals surface area contributed by atoms with Crippen LogP contribution in [0.5, 0.6) is 0 Å². The average molecular weight is 437 g/mol. The van der Waals surface area contributed by atoms with Gasteiger partial charge >= 0.3 is 6.18 Å². The molecule has 1 saturated carbocycles. The Morgan fingerprint density at radius 2 is 1.83 bits per heavy atom. The number of nitrogens with zero attached hydrogens (tertiary/aromatic N) is 1. The van der Waals surface area contributed by atoms with Crippen LogP contribution >= 0.6 is 0 Å². The van der Waals surface area contributed by atoms with Gasteiger partial charge in [-0.2, -0.15) is 13.2 Å². The van der Waals surface area contributed by atoms with Gasteiger partial charge in [-0.15, -0.1) is 0 Å². The maximum absolute atomic E-state index is 13.2. The standard InChI is InChI=1S/C16H18F4N2O.Pd/c1-10-8-21-13(11-2-4-12(17)5-3-11)9-22(10)14(23)15(6-7-15)16(18,19)20;/h2-5,10,13,21H,6-9H2,1H3;/t10-,13-;/m1./s1. The summed E-state index contributed by atoms with van der Waals surface area (Å²) < 4.78 is 52.6. The fourth-order valence-electron chi connectivity index (χ4n) is 3.08. The van der Waals surface area contributed by atoms with Crippen LogP contribution in [0.1, 0.15) is 31.4 Å². The third-order valence-corrected chi connectivity index (χ3v) is 4.81. The summed E-state index contributed by atoms with van der Waals surface area (Å²) in [5.41, 5.74) is -1.43. The molecular formula is C16H18F4N2OPd. The predicted octanol–water partition coefficient (Wildman–Crippen LogP) is 3.03. The molecule has 1 amide bonds. The number of alkyl halides is 3. The van der Waals surface area contributed by atoms with Crippen LogP contribution in [-0.2, 0) is 25.2 Å².